The van der Waals surface area contributed by atoms with Gasteiger partial charge in [0.2, 0.25) is 0 Å². The molecule has 0 saturated carbocycles. The lowest BCUT2D eigenvalue weighted by molar-refractivity contribution is 0.108. The summed E-state index contributed by atoms with van der Waals surface area (Å²) in [6.07, 6.45) is 6.41. The lowest BCUT2D eigenvalue weighted by Gasteiger charge is -2.07. The van der Waals surface area contributed by atoms with Crippen LogP contribution in [0.15, 0.2) is 35.2 Å². The second-order valence-corrected chi connectivity index (χ2v) is 6.28. The van der Waals surface area contributed by atoms with Crippen molar-refractivity contribution in [1.82, 2.24) is 0 Å². The Kier molecular flexibility index (Phi) is 5.11. The van der Waals surface area contributed by atoms with Gasteiger partial charge in [0, 0.05) is 11.8 Å². The number of allylic oxidation sites excluding steroid dienone is 2. The van der Waals surface area contributed by atoms with Crippen LogP contribution in [-0.4, -0.2) is 19.9 Å². The minimum atomic E-state index is -3.37. The number of sulfone groups is 1. The van der Waals surface area contributed by atoms with Crippen molar-refractivity contribution in [2.45, 2.75) is 24.7 Å². The van der Waals surface area contributed by atoms with Crippen LogP contribution in [-0.2, 0) is 16.3 Å². The van der Waals surface area contributed by atoms with Crippen LogP contribution >= 0.6 is 11.6 Å². The minimum absolute atomic E-state index is 0.162. The normalized spacial score (nSPS) is 11.9. The van der Waals surface area contributed by atoms with Crippen molar-refractivity contribution in [3.8, 4) is 0 Å². The van der Waals surface area contributed by atoms with E-state index in [1.807, 2.05) is 19.1 Å². The highest BCUT2D eigenvalue weighted by Crippen LogP contribution is 2.20. The van der Waals surface area contributed by atoms with Gasteiger partial charge in [-0.05, 0) is 42.1 Å². The Morgan fingerprint density at radius 3 is 2.50 bits per heavy atom. The Morgan fingerprint density at radius 2 is 2.00 bits per heavy atom. The summed E-state index contributed by atoms with van der Waals surface area (Å²) in [7, 11) is -3.37. The SMILES string of the molecule is CC/C=C/Cc1ccc(C(=O)Cl)cc1S(C)(=O)=O. The van der Waals surface area contributed by atoms with E-state index in [4.69, 9.17) is 11.6 Å². The largest absolute Gasteiger partial charge is 0.276 e. The van der Waals surface area contributed by atoms with E-state index < -0.39 is 15.1 Å². The molecule has 0 amide bonds. The first kappa shape index (κ1) is 14.9. The lowest BCUT2D eigenvalue weighted by Crippen LogP contribution is -2.04. The highest BCUT2D eigenvalue weighted by molar-refractivity contribution is 7.90. The Morgan fingerprint density at radius 1 is 1.33 bits per heavy atom. The van der Waals surface area contributed by atoms with Gasteiger partial charge in [-0.25, -0.2) is 8.42 Å². The summed E-state index contributed by atoms with van der Waals surface area (Å²) in [4.78, 5) is 11.2. The van der Waals surface area contributed by atoms with Gasteiger partial charge in [0.1, 0.15) is 0 Å². The van der Waals surface area contributed by atoms with E-state index in [9.17, 15) is 13.2 Å². The monoisotopic (exact) mass is 286 g/mol. The summed E-state index contributed by atoms with van der Waals surface area (Å²) in [6, 6.07) is 4.50. The van der Waals surface area contributed by atoms with Gasteiger partial charge in [-0.2, -0.15) is 0 Å². The van der Waals surface area contributed by atoms with E-state index in [1.54, 1.807) is 12.1 Å². The Labute approximate surface area is 112 Å². The first-order valence-corrected chi connectivity index (χ1v) is 7.81. The summed E-state index contributed by atoms with van der Waals surface area (Å²) in [6.45, 7) is 2.00. The number of rotatable bonds is 5. The lowest BCUT2D eigenvalue weighted by atomic mass is 10.1. The zero-order chi connectivity index (χ0) is 13.8. The topological polar surface area (TPSA) is 51.2 Å². The molecule has 0 aliphatic carbocycles. The van der Waals surface area contributed by atoms with Crippen LogP contribution in [0, 0.1) is 0 Å². The quantitative estimate of drug-likeness (QED) is 0.618. The molecule has 1 aromatic rings. The smallest absolute Gasteiger partial charge is 0.252 e. The van der Waals surface area contributed by atoms with E-state index in [0.29, 0.717) is 12.0 Å². The fraction of sp³-hybridized carbons (Fsp3) is 0.308. The summed E-state index contributed by atoms with van der Waals surface area (Å²) in [5.74, 6) is 0. The summed E-state index contributed by atoms with van der Waals surface area (Å²) < 4.78 is 23.4. The zero-order valence-electron chi connectivity index (χ0n) is 10.3. The van der Waals surface area contributed by atoms with Gasteiger partial charge in [0.25, 0.3) is 5.24 Å². The predicted octanol–water partition coefficient (Wildman–Crippen LogP) is 2.98. The molecule has 18 heavy (non-hydrogen) atoms. The number of benzene rings is 1. The summed E-state index contributed by atoms with van der Waals surface area (Å²) in [5.41, 5.74) is 0.865. The third kappa shape index (κ3) is 3.96. The van der Waals surface area contributed by atoms with Crippen molar-refractivity contribution < 1.29 is 13.2 Å². The predicted molar refractivity (Wildman–Crippen MR) is 72.9 cm³/mol. The van der Waals surface area contributed by atoms with Crippen molar-refractivity contribution in [2.75, 3.05) is 6.26 Å². The number of hydrogen-bond donors (Lipinski definition) is 0. The van der Waals surface area contributed by atoms with Gasteiger partial charge in [0.05, 0.1) is 4.90 Å². The molecule has 0 N–H and O–H groups in total. The molecule has 0 spiro atoms. The molecule has 3 nitrogen and oxygen atoms in total. The van der Waals surface area contributed by atoms with Crippen molar-refractivity contribution >= 4 is 26.7 Å². The molecule has 0 fully saturated rings. The van der Waals surface area contributed by atoms with Crippen LogP contribution in [0.4, 0.5) is 0 Å². The molecule has 0 aliphatic heterocycles. The molecule has 0 aromatic heterocycles. The molecule has 0 unspecified atom stereocenters. The average Bonchev–Trinajstić information content (AvgIpc) is 2.28. The van der Waals surface area contributed by atoms with Crippen LogP contribution in [0.25, 0.3) is 0 Å². The first-order chi connectivity index (χ1) is 8.36. The number of hydrogen-bond acceptors (Lipinski definition) is 3. The molecular formula is C13H15ClO3S. The Bertz CT molecular complexity index is 574. The van der Waals surface area contributed by atoms with E-state index in [1.165, 1.54) is 6.07 Å². The third-order valence-corrected chi connectivity index (χ3v) is 3.83. The molecule has 0 saturated heterocycles. The molecule has 1 aromatic carbocycles. The van der Waals surface area contributed by atoms with Gasteiger partial charge in [-0.1, -0.05) is 25.1 Å². The molecule has 0 radical (unpaired) electrons. The van der Waals surface area contributed by atoms with E-state index in [-0.39, 0.29) is 10.5 Å². The summed E-state index contributed by atoms with van der Waals surface area (Å²) >= 11 is 5.36. The molecule has 0 atom stereocenters. The Hall–Kier alpha value is -1.13. The molecule has 0 bridgehead atoms. The molecule has 98 valence electrons. The van der Waals surface area contributed by atoms with Crippen molar-refractivity contribution in [3.63, 3.8) is 0 Å². The van der Waals surface area contributed by atoms with E-state index >= 15 is 0 Å². The fourth-order valence-electron chi connectivity index (χ4n) is 1.57. The highest BCUT2D eigenvalue weighted by Gasteiger charge is 2.15. The van der Waals surface area contributed by atoms with Gasteiger partial charge >= 0.3 is 0 Å². The second kappa shape index (κ2) is 6.16. The maximum atomic E-state index is 11.7. The van der Waals surface area contributed by atoms with Crippen molar-refractivity contribution in [2.24, 2.45) is 0 Å². The molecule has 0 aliphatic rings. The molecular weight excluding hydrogens is 272 g/mol. The summed E-state index contributed by atoms with van der Waals surface area (Å²) in [5, 5.41) is -0.657. The molecule has 5 heteroatoms. The van der Waals surface area contributed by atoms with Gasteiger partial charge in [-0.15, -0.1) is 0 Å². The van der Waals surface area contributed by atoms with Crippen LogP contribution in [0.2, 0.25) is 0 Å². The number of halogens is 1. The molecule has 0 heterocycles. The first-order valence-electron chi connectivity index (χ1n) is 5.54. The van der Waals surface area contributed by atoms with Crippen molar-refractivity contribution in [3.05, 3.63) is 41.5 Å². The third-order valence-electron chi connectivity index (χ3n) is 2.43. The zero-order valence-corrected chi connectivity index (χ0v) is 11.9. The second-order valence-electron chi connectivity index (χ2n) is 3.95. The Balaban J connectivity index is 3.26. The van der Waals surface area contributed by atoms with Gasteiger partial charge < -0.3 is 0 Å². The minimum Gasteiger partial charge on any atom is -0.276 e. The van der Waals surface area contributed by atoms with Crippen LogP contribution < -0.4 is 0 Å². The highest BCUT2D eigenvalue weighted by atomic mass is 35.5. The number of carbonyl (C=O) groups excluding carboxylic acids is 1. The van der Waals surface area contributed by atoms with Crippen LogP contribution in [0.3, 0.4) is 0 Å². The maximum Gasteiger partial charge on any atom is 0.252 e. The van der Waals surface area contributed by atoms with E-state index in [2.05, 4.69) is 0 Å². The fourth-order valence-corrected chi connectivity index (χ4v) is 2.65. The standard InChI is InChI=1S/C13H15ClO3S/c1-3-4-5-6-10-7-8-11(13(14)15)9-12(10)18(2,16)17/h4-5,7-9H,3,6H2,1-2H3/b5-4+. The van der Waals surface area contributed by atoms with Crippen LogP contribution in [0.5, 0.6) is 0 Å². The van der Waals surface area contributed by atoms with E-state index in [0.717, 1.165) is 12.7 Å². The van der Waals surface area contributed by atoms with Gasteiger partial charge in [0.15, 0.2) is 9.84 Å². The van der Waals surface area contributed by atoms with Crippen molar-refractivity contribution in [1.29, 1.82) is 0 Å². The maximum absolute atomic E-state index is 11.7. The number of carbonyl (C=O) groups is 1. The average molecular weight is 287 g/mol. The molecule has 1 rings (SSSR count). The van der Waals surface area contributed by atoms with Gasteiger partial charge in [-0.3, -0.25) is 4.79 Å². The van der Waals surface area contributed by atoms with Crippen LogP contribution in [0.1, 0.15) is 29.3 Å².